The van der Waals surface area contributed by atoms with E-state index >= 15 is 0 Å². The van der Waals surface area contributed by atoms with Gasteiger partial charge in [0.2, 0.25) is 0 Å². The number of hydrogen-bond donors (Lipinski definition) is 0. The standard InChI is InChI=1S/C14H27NO5Si/c1-11-7-15-8-12(2)19-21(18-11,20-13(3)9-15)6-4-5-16-14-10-17-14/h11-14H,4-10H2,1-3H3. The number of ether oxygens (including phenoxy) is 2. The molecule has 2 bridgehead atoms. The minimum Gasteiger partial charge on any atom is -0.369 e. The summed E-state index contributed by atoms with van der Waals surface area (Å²) in [5, 5.41) is 0. The van der Waals surface area contributed by atoms with Crippen molar-refractivity contribution in [3.05, 3.63) is 0 Å². The maximum Gasteiger partial charge on any atom is 0.501 e. The van der Waals surface area contributed by atoms with Gasteiger partial charge in [-0.05, 0) is 27.2 Å². The second kappa shape index (κ2) is 6.62. The highest BCUT2D eigenvalue weighted by atomic mass is 28.4. The molecule has 7 heteroatoms. The molecule has 122 valence electrons. The van der Waals surface area contributed by atoms with E-state index in [1.165, 1.54) is 0 Å². The molecule has 21 heavy (non-hydrogen) atoms. The number of epoxide rings is 1. The summed E-state index contributed by atoms with van der Waals surface area (Å²) in [6.07, 6.45) is 1.38. The number of rotatable bonds is 5. The smallest absolute Gasteiger partial charge is 0.369 e. The van der Waals surface area contributed by atoms with Gasteiger partial charge in [-0.2, -0.15) is 0 Å². The average Bonchev–Trinajstić information content (AvgIpc) is 3.14. The van der Waals surface area contributed by atoms with E-state index in [1.54, 1.807) is 0 Å². The Morgan fingerprint density at radius 2 is 1.52 bits per heavy atom. The van der Waals surface area contributed by atoms with Gasteiger partial charge in [-0.15, -0.1) is 0 Å². The molecule has 4 unspecified atom stereocenters. The van der Waals surface area contributed by atoms with Crippen molar-refractivity contribution in [2.24, 2.45) is 0 Å². The van der Waals surface area contributed by atoms with Crippen LogP contribution in [0.1, 0.15) is 27.2 Å². The summed E-state index contributed by atoms with van der Waals surface area (Å²) < 4.78 is 29.4. The van der Waals surface area contributed by atoms with E-state index in [2.05, 4.69) is 25.7 Å². The lowest BCUT2D eigenvalue weighted by atomic mass is 10.2. The van der Waals surface area contributed by atoms with E-state index in [9.17, 15) is 0 Å². The van der Waals surface area contributed by atoms with Gasteiger partial charge in [0.15, 0.2) is 6.29 Å². The van der Waals surface area contributed by atoms with E-state index in [0.29, 0.717) is 6.61 Å². The molecule has 4 fully saturated rings. The van der Waals surface area contributed by atoms with Crippen LogP contribution in [0.5, 0.6) is 0 Å². The van der Waals surface area contributed by atoms with Gasteiger partial charge in [0, 0.05) is 32.3 Å². The summed E-state index contributed by atoms with van der Waals surface area (Å²) in [4.78, 5) is 2.38. The van der Waals surface area contributed by atoms with Crippen LogP contribution in [0.4, 0.5) is 0 Å². The number of fused-ring (bicyclic) bond motifs is 6. The zero-order chi connectivity index (χ0) is 14.9. The molecule has 4 rings (SSSR count). The molecule has 6 nitrogen and oxygen atoms in total. The molecule has 0 aromatic rings. The third kappa shape index (κ3) is 4.48. The Balaban J connectivity index is 1.63. The van der Waals surface area contributed by atoms with Crippen LogP contribution < -0.4 is 0 Å². The monoisotopic (exact) mass is 317 g/mol. The lowest BCUT2D eigenvalue weighted by Gasteiger charge is -2.45. The largest absolute Gasteiger partial charge is 0.501 e. The highest BCUT2D eigenvalue weighted by molar-refractivity contribution is 6.60. The molecule has 4 heterocycles. The van der Waals surface area contributed by atoms with Gasteiger partial charge in [-0.3, -0.25) is 4.90 Å². The first kappa shape index (κ1) is 15.9. The van der Waals surface area contributed by atoms with Gasteiger partial charge < -0.3 is 22.8 Å². The summed E-state index contributed by atoms with van der Waals surface area (Å²) in [6.45, 7) is 10.6. The maximum absolute atomic E-state index is 6.28. The Hall–Kier alpha value is -0.0231. The summed E-state index contributed by atoms with van der Waals surface area (Å²) >= 11 is 0. The Morgan fingerprint density at radius 3 is 2.00 bits per heavy atom. The SMILES string of the molecule is CC1CN2CC(C)O[Si](CCCOC3CO3)(O1)OC(C)C2. The lowest BCUT2D eigenvalue weighted by Crippen LogP contribution is -2.61. The molecule has 4 atom stereocenters. The minimum absolute atomic E-state index is 0.0203. The van der Waals surface area contributed by atoms with Crippen molar-refractivity contribution in [2.75, 3.05) is 32.8 Å². The van der Waals surface area contributed by atoms with E-state index in [1.807, 2.05) is 0 Å². The van der Waals surface area contributed by atoms with E-state index in [4.69, 9.17) is 22.8 Å². The van der Waals surface area contributed by atoms with Crippen LogP contribution >= 0.6 is 0 Å². The van der Waals surface area contributed by atoms with Crippen molar-refractivity contribution in [2.45, 2.75) is 57.8 Å². The first-order chi connectivity index (χ1) is 10.0. The zero-order valence-corrected chi connectivity index (χ0v) is 14.2. The normalized spacial score (nSPS) is 46.7. The van der Waals surface area contributed by atoms with E-state index in [-0.39, 0.29) is 24.6 Å². The quantitative estimate of drug-likeness (QED) is 0.432. The second-order valence-electron chi connectivity index (χ2n) is 6.42. The molecule has 0 spiro atoms. The van der Waals surface area contributed by atoms with E-state index < -0.39 is 8.80 Å². The first-order valence-corrected chi connectivity index (χ1v) is 9.97. The van der Waals surface area contributed by atoms with E-state index in [0.717, 1.165) is 38.7 Å². The fourth-order valence-electron chi connectivity index (χ4n) is 3.24. The van der Waals surface area contributed by atoms with Gasteiger partial charge in [0.25, 0.3) is 0 Å². The topological polar surface area (TPSA) is 52.7 Å². The fraction of sp³-hybridized carbons (Fsp3) is 1.00. The molecule has 0 aliphatic carbocycles. The average molecular weight is 317 g/mol. The first-order valence-electron chi connectivity index (χ1n) is 8.04. The van der Waals surface area contributed by atoms with Crippen LogP contribution in [-0.2, 0) is 22.8 Å². The van der Waals surface area contributed by atoms with Gasteiger partial charge in [0.05, 0.1) is 18.3 Å². The molecule has 4 saturated heterocycles. The Bertz CT molecular complexity index is 318. The van der Waals surface area contributed by atoms with Crippen LogP contribution in [0.15, 0.2) is 0 Å². The van der Waals surface area contributed by atoms with Crippen molar-refractivity contribution in [1.82, 2.24) is 4.90 Å². The molecular formula is C14H27NO5Si. The zero-order valence-electron chi connectivity index (χ0n) is 13.2. The Kier molecular flexibility index (Phi) is 5.00. The molecule has 0 aromatic heterocycles. The summed E-state index contributed by atoms with van der Waals surface area (Å²) in [7, 11) is -2.62. The molecule has 0 N–H and O–H groups in total. The molecule has 4 aliphatic heterocycles. The maximum atomic E-state index is 6.28. The molecule has 0 aromatic carbocycles. The van der Waals surface area contributed by atoms with Crippen molar-refractivity contribution in [1.29, 1.82) is 0 Å². The molecular weight excluding hydrogens is 290 g/mol. The third-order valence-electron chi connectivity index (χ3n) is 3.92. The summed E-state index contributed by atoms with van der Waals surface area (Å²) in [5.41, 5.74) is 0. The lowest BCUT2D eigenvalue weighted by molar-refractivity contribution is -0.0799. The highest BCUT2D eigenvalue weighted by Gasteiger charge is 2.48. The molecule has 0 radical (unpaired) electrons. The van der Waals surface area contributed by atoms with Crippen molar-refractivity contribution in [3.8, 4) is 0 Å². The van der Waals surface area contributed by atoms with Crippen LogP contribution in [0.3, 0.4) is 0 Å². The van der Waals surface area contributed by atoms with Crippen LogP contribution in [-0.4, -0.2) is 71.2 Å². The van der Waals surface area contributed by atoms with Crippen molar-refractivity contribution < 1.29 is 22.8 Å². The minimum atomic E-state index is -2.62. The predicted molar refractivity (Wildman–Crippen MR) is 79.0 cm³/mol. The van der Waals surface area contributed by atoms with Gasteiger partial charge in [-0.1, -0.05) is 0 Å². The van der Waals surface area contributed by atoms with Crippen LogP contribution in [0, 0.1) is 0 Å². The predicted octanol–water partition coefficient (Wildman–Crippen LogP) is 1.23. The summed E-state index contributed by atoms with van der Waals surface area (Å²) in [6, 6.07) is 0.818. The van der Waals surface area contributed by atoms with Crippen molar-refractivity contribution in [3.63, 3.8) is 0 Å². The molecule has 4 aliphatic rings. The Labute approximate surface area is 128 Å². The van der Waals surface area contributed by atoms with Gasteiger partial charge in [0.1, 0.15) is 6.61 Å². The number of hydrogen-bond acceptors (Lipinski definition) is 6. The Morgan fingerprint density at radius 1 is 1.00 bits per heavy atom. The van der Waals surface area contributed by atoms with Crippen molar-refractivity contribution >= 4 is 8.80 Å². The van der Waals surface area contributed by atoms with Gasteiger partial charge >= 0.3 is 8.80 Å². The molecule has 0 saturated carbocycles. The van der Waals surface area contributed by atoms with Crippen LogP contribution in [0.25, 0.3) is 0 Å². The second-order valence-corrected chi connectivity index (χ2v) is 9.00. The fourth-order valence-corrected chi connectivity index (χ4v) is 6.41. The van der Waals surface area contributed by atoms with Crippen LogP contribution in [0.2, 0.25) is 6.04 Å². The third-order valence-corrected chi connectivity index (χ3v) is 7.17. The highest BCUT2D eigenvalue weighted by Crippen LogP contribution is 2.29. The van der Waals surface area contributed by atoms with Gasteiger partial charge in [-0.25, -0.2) is 0 Å². The molecule has 0 amide bonds. The summed E-state index contributed by atoms with van der Waals surface area (Å²) in [5.74, 6) is 0. The number of nitrogens with zero attached hydrogens (tertiary/aromatic N) is 1.